The van der Waals surface area contributed by atoms with Gasteiger partial charge in [-0.3, -0.25) is 4.79 Å². The van der Waals surface area contributed by atoms with Gasteiger partial charge in [-0.2, -0.15) is 0 Å². The highest BCUT2D eigenvalue weighted by atomic mass is 35.5. The minimum Gasteiger partial charge on any atom is -0.324 e. The van der Waals surface area contributed by atoms with Crippen molar-refractivity contribution < 1.29 is 4.79 Å². The van der Waals surface area contributed by atoms with Crippen LogP contribution in [0, 0.1) is 18.3 Å². The molecule has 1 saturated carbocycles. The Morgan fingerprint density at radius 1 is 1.45 bits per heavy atom. The second-order valence-corrected chi connectivity index (χ2v) is 6.73. The van der Waals surface area contributed by atoms with Gasteiger partial charge in [-0.25, -0.2) is 4.98 Å². The minimum absolute atomic E-state index is 0.146. The minimum atomic E-state index is -0.193. The molecule has 1 aromatic heterocycles. The van der Waals surface area contributed by atoms with Crippen molar-refractivity contribution in [3.05, 3.63) is 23.0 Å². The number of carbonyl (C=O) groups is 1. The second-order valence-electron chi connectivity index (χ2n) is 6.37. The smallest absolute Gasteiger partial charge is 0.230 e. The summed E-state index contributed by atoms with van der Waals surface area (Å²) in [6.07, 6.45) is 6.88. The molecular formula is C16H23ClN2O. The summed E-state index contributed by atoms with van der Waals surface area (Å²) in [4.78, 5) is 16.8. The van der Waals surface area contributed by atoms with Gasteiger partial charge in [0.15, 0.2) is 0 Å². The number of nitrogens with zero attached hydrogens (tertiary/aromatic N) is 1. The van der Waals surface area contributed by atoms with Crippen molar-refractivity contribution in [1.82, 2.24) is 4.98 Å². The molecule has 2 rings (SSSR count). The maximum absolute atomic E-state index is 12.7. The average Bonchev–Trinajstić information content (AvgIpc) is 2.83. The van der Waals surface area contributed by atoms with E-state index in [4.69, 9.17) is 11.6 Å². The Balaban J connectivity index is 2.14. The highest BCUT2D eigenvalue weighted by Gasteiger charge is 2.41. The summed E-state index contributed by atoms with van der Waals surface area (Å²) >= 11 is 5.92. The molecule has 1 heterocycles. The van der Waals surface area contributed by atoms with Crippen LogP contribution in [0.25, 0.3) is 0 Å². The quantitative estimate of drug-likeness (QED) is 0.825. The number of nitrogens with one attached hydrogen (secondary N) is 1. The van der Waals surface area contributed by atoms with Crippen molar-refractivity contribution >= 4 is 23.2 Å². The van der Waals surface area contributed by atoms with E-state index >= 15 is 0 Å². The van der Waals surface area contributed by atoms with Gasteiger partial charge in [-0.05, 0) is 43.7 Å². The van der Waals surface area contributed by atoms with E-state index in [9.17, 15) is 4.79 Å². The van der Waals surface area contributed by atoms with E-state index in [0.29, 0.717) is 11.1 Å². The van der Waals surface area contributed by atoms with Crippen LogP contribution in [0.2, 0.25) is 5.15 Å². The lowest BCUT2D eigenvalue weighted by Crippen LogP contribution is -2.35. The summed E-state index contributed by atoms with van der Waals surface area (Å²) in [7, 11) is 0. The number of carbonyl (C=O) groups excluding carboxylic acids is 1. The molecule has 1 aliphatic rings. The molecule has 1 aromatic rings. The third kappa shape index (κ3) is 3.32. The van der Waals surface area contributed by atoms with Gasteiger partial charge in [0.2, 0.25) is 5.91 Å². The maximum atomic E-state index is 12.7. The third-order valence-corrected chi connectivity index (χ3v) is 4.51. The number of pyridine rings is 1. The Hall–Kier alpha value is -1.09. The van der Waals surface area contributed by atoms with E-state index in [2.05, 4.69) is 24.1 Å². The van der Waals surface area contributed by atoms with E-state index in [1.54, 1.807) is 6.20 Å². The molecule has 0 atom stereocenters. The van der Waals surface area contributed by atoms with E-state index in [1.165, 1.54) is 0 Å². The van der Waals surface area contributed by atoms with Gasteiger partial charge in [0.1, 0.15) is 5.15 Å². The number of halogens is 1. The molecule has 0 radical (unpaired) electrons. The molecule has 0 bridgehead atoms. The molecule has 1 amide bonds. The molecule has 0 spiro atoms. The first kappa shape index (κ1) is 15.3. The van der Waals surface area contributed by atoms with Gasteiger partial charge in [0.25, 0.3) is 0 Å². The maximum Gasteiger partial charge on any atom is 0.230 e. The predicted molar refractivity (Wildman–Crippen MR) is 83.0 cm³/mol. The molecule has 4 heteroatoms. The largest absolute Gasteiger partial charge is 0.324 e. The zero-order valence-corrected chi connectivity index (χ0v) is 13.3. The summed E-state index contributed by atoms with van der Waals surface area (Å²) in [6, 6.07) is 1.88. The Morgan fingerprint density at radius 2 is 2.10 bits per heavy atom. The van der Waals surface area contributed by atoms with Crippen molar-refractivity contribution in [2.45, 2.75) is 52.9 Å². The van der Waals surface area contributed by atoms with Gasteiger partial charge in [0, 0.05) is 5.41 Å². The SMILES string of the molecule is Cc1cc(NC(=O)C2(CC(C)C)CCCC2)cnc1Cl. The van der Waals surface area contributed by atoms with Crippen molar-refractivity contribution in [2.75, 3.05) is 5.32 Å². The molecule has 20 heavy (non-hydrogen) atoms. The van der Waals surface area contributed by atoms with Crippen LogP contribution >= 0.6 is 11.6 Å². The van der Waals surface area contributed by atoms with Crippen molar-refractivity contribution in [2.24, 2.45) is 11.3 Å². The number of rotatable bonds is 4. The zero-order chi connectivity index (χ0) is 14.8. The molecule has 0 unspecified atom stereocenters. The fraction of sp³-hybridized carbons (Fsp3) is 0.625. The Labute approximate surface area is 126 Å². The van der Waals surface area contributed by atoms with E-state index < -0.39 is 0 Å². The third-order valence-electron chi connectivity index (χ3n) is 4.11. The summed E-state index contributed by atoms with van der Waals surface area (Å²) in [6.45, 7) is 6.26. The van der Waals surface area contributed by atoms with Crippen LogP contribution in [0.4, 0.5) is 5.69 Å². The van der Waals surface area contributed by atoms with E-state index in [1.807, 2.05) is 13.0 Å². The predicted octanol–water partition coefficient (Wildman–Crippen LogP) is 4.59. The van der Waals surface area contributed by atoms with Gasteiger partial charge in [-0.1, -0.05) is 38.3 Å². The molecule has 1 fully saturated rings. The zero-order valence-electron chi connectivity index (χ0n) is 12.5. The van der Waals surface area contributed by atoms with Crippen molar-refractivity contribution in [1.29, 1.82) is 0 Å². The van der Waals surface area contributed by atoms with Gasteiger partial charge < -0.3 is 5.32 Å². The normalized spacial score (nSPS) is 17.4. The number of aryl methyl sites for hydroxylation is 1. The van der Waals surface area contributed by atoms with Crippen LogP contribution in [0.5, 0.6) is 0 Å². The van der Waals surface area contributed by atoms with Gasteiger partial charge in [0.05, 0.1) is 11.9 Å². The molecule has 0 saturated heterocycles. The number of hydrogen-bond acceptors (Lipinski definition) is 2. The van der Waals surface area contributed by atoms with Crippen LogP contribution < -0.4 is 5.32 Å². The Morgan fingerprint density at radius 3 is 2.65 bits per heavy atom. The molecular weight excluding hydrogens is 272 g/mol. The fourth-order valence-corrected chi connectivity index (χ4v) is 3.35. The number of amides is 1. The monoisotopic (exact) mass is 294 g/mol. The second kappa shape index (κ2) is 6.13. The molecule has 3 nitrogen and oxygen atoms in total. The first-order chi connectivity index (χ1) is 9.43. The standard InChI is InChI=1S/C16H23ClN2O/c1-11(2)9-16(6-4-5-7-16)15(20)19-13-8-12(3)14(17)18-10-13/h8,10-11H,4-7,9H2,1-3H3,(H,19,20). The van der Waals surface area contributed by atoms with Crippen LogP contribution in [0.1, 0.15) is 51.5 Å². The first-order valence-electron chi connectivity index (χ1n) is 7.36. The van der Waals surface area contributed by atoms with Gasteiger partial charge >= 0.3 is 0 Å². The molecule has 0 aromatic carbocycles. The highest BCUT2D eigenvalue weighted by Crippen LogP contribution is 2.44. The van der Waals surface area contributed by atoms with Gasteiger partial charge in [-0.15, -0.1) is 0 Å². The fourth-order valence-electron chi connectivity index (χ4n) is 3.25. The van der Waals surface area contributed by atoms with E-state index in [-0.39, 0.29) is 11.3 Å². The summed E-state index contributed by atoms with van der Waals surface area (Å²) in [5.41, 5.74) is 1.43. The Bertz CT molecular complexity index is 493. The lowest BCUT2D eigenvalue weighted by molar-refractivity contribution is -0.126. The summed E-state index contributed by atoms with van der Waals surface area (Å²) in [5, 5.41) is 3.52. The molecule has 0 aliphatic heterocycles. The molecule has 110 valence electrons. The Kier molecular flexibility index (Phi) is 4.69. The first-order valence-corrected chi connectivity index (χ1v) is 7.74. The summed E-state index contributed by atoms with van der Waals surface area (Å²) in [5.74, 6) is 0.677. The van der Waals surface area contributed by atoms with Crippen LogP contribution in [-0.2, 0) is 4.79 Å². The van der Waals surface area contributed by atoms with Crippen molar-refractivity contribution in [3.8, 4) is 0 Å². The topological polar surface area (TPSA) is 42.0 Å². The molecule has 1 N–H and O–H groups in total. The van der Waals surface area contributed by atoms with Crippen LogP contribution in [0.15, 0.2) is 12.3 Å². The van der Waals surface area contributed by atoms with Crippen LogP contribution in [0.3, 0.4) is 0 Å². The highest BCUT2D eigenvalue weighted by molar-refractivity contribution is 6.30. The van der Waals surface area contributed by atoms with E-state index in [0.717, 1.165) is 43.4 Å². The number of anilines is 1. The number of hydrogen-bond donors (Lipinski definition) is 1. The number of aromatic nitrogens is 1. The molecule has 1 aliphatic carbocycles. The van der Waals surface area contributed by atoms with Crippen LogP contribution in [-0.4, -0.2) is 10.9 Å². The van der Waals surface area contributed by atoms with Crippen molar-refractivity contribution in [3.63, 3.8) is 0 Å². The lowest BCUT2D eigenvalue weighted by atomic mass is 9.77. The summed E-state index contributed by atoms with van der Waals surface area (Å²) < 4.78 is 0. The lowest BCUT2D eigenvalue weighted by Gasteiger charge is -2.29. The average molecular weight is 295 g/mol.